The molecule has 1 aromatic carbocycles. The Morgan fingerprint density at radius 2 is 2.26 bits per heavy atom. The smallest absolute Gasteiger partial charge is 0.125 e. The zero-order valence-corrected chi connectivity index (χ0v) is 11.5. The van der Waals surface area contributed by atoms with E-state index in [2.05, 4.69) is 9.55 Å². The number of nitrogens with zero attached hydrogens (tertiary/aromatic N) is 2. The lowest BCUT2D eigenvalue weighted by molar-refractivity contribution is -0.0192. The number of fused-ring (bicyclic) bond motifs is 1. The Bertz CT molecular complexity index is 592. The van der Waals surface area contributed by atoms with E-state index < -0.39 is 0 Å². The third-order valence-electron chi connectivity index (χ3n) is 3.68. The maximum Gasteiger partial charge on any atom is 0.125 e. The number of hydrogen-bond acceptors (Lipinski definition) is 2. The Kier molecular flexibility index (Phi) is 3.46. The van der Waals surface area contributed by atoms with Gasteiger partial charge in [0.05, 0.1) is 23.0 Å². The number of alkyl halides is 1. The van der Waals surface area contributed by atoms with Gasteiger partial charge in [0.2, 0.25) is 0 Å². The number of hydrogen-bond donors (Lipinski definition) is 0. The van der Waals surface area contributed by atoms with Crippen LogP contribution >= 0.6 is 11.6 Å². The van der Waals surface area contributed by atoms with Crippen molar-refractivity contribution in [3.05, 3.63) is 29.8 Å². The van der Waals surface area contributed by atoms with Gasteiger partial charge in [0, 0.05) is 12.6 Å². The highest BCUT2D eigenvalue weighted by molar-refractivity contribution is 6.16. The molecule has 1 saturated carbocycles. The van der Waals surface area contributed by atoms with E-state index in [-0.39, 0.29) is 5.82 Å². The molecule has 0 N–H and O–H groups in total. The second-order valence-corrected chi connectivity index (χ2v) is 5.13. The van der Waals surface area contributed by atoms with Crippen LogP contribution in [-0.2, 0) is 10.6 Å². The van der Waals surface area contributed by atoms with Crippen molar-refractivity contribution in [1.29, 1.82) is 0 Å². The first-order valence-corrected chi connectivity index (χ1v) is 7.10. The molecule has 0 aliphatic heterocycles. The third-order valence-corrected chi connectivity index (χ3v) is 3.92. The molecule has 102 valence electrons. The van der Waals surface area contributed by atoms with Crippen molar-refractivity contribution in [3.8, 4) is 0 Å². The van der Waals surface area contributed by atoms with Crippen LogP contribution in [0.1, 0.15) is 31.6 Å². The second-order valence-electron chi connectivity index (χ2n) is 4.87. The van der Waals surface area contributed by atoms with Crippen LogP contribution < -0.4 is 0 Å². The zero-order valence-electron chi connectivity index (χ0n) is 10.8. The molecule has 0 bridgehead atoms. The molecule has 0 atom stereocenters. The maximum atomic E-state index is 13.4. The minimum atomic E-state index is -0.240. The van der Waals surface area contributed by atoms with E-state index in [1.54, 1.807) is 6.07 Å². The molecule has 19 heavy (non-hydrogen) atoms. The fraction of sp³-hybridized carbons (Fsp3) is 0.500. The standard InChI is InChI=1S/C14H16ClFN2O/c1-2-19-11-6-10(7-11)18-13-5-9(16)3-4-12(13)17-14(18)8-15/h3-5,10-11H,2,6-8H2,1H3. The molecule has 0 unspecified atom stereocenters. The highest BCUT2D eigenvalue weighted by Gasteiger charge is 2.33. The molecular formula is C14H16ClFN2O. The van der Waals surface area contributed by atoms with Crippen molar-refractivity contribution in [2.24, 2.45) is 0 Å². The normalized spacial score (nSPS) is 22.7. The van der Waals surface area contributed by atoms with Gasteiger partial charge in [0.1, 0.15) is 11.6 Å². The summed E-state index contributed by atoms with van der Waals surface area (Å²) in [5, 5.41) is 0. The predicted molar refractivity (Wildman–Crippen MR) is 72.9 cm³/mol. The second kappa shape index (κ2) is 5.10. The van der Waals surface area contributed by atoms with Crippen LogP contribution in [-0.4, -0.2) is 22.3 Å². The molecule has 0 amide bonds. The molecule has 1 aliphatic carbocycles. The first-order valence-electron chi connectivity index (χ1n) is 6.56. The summed E-state index contributed by atoms with van der Waals surface area (Å²) in [5.74, 6) is 0.907. The summed E-state index contributed by atoms with van der Waals surface area (Å²) in [5.41, 5.74) is 1.63. The SMILES string of the molecule is CCOC1CC(n2c(CCl)nc3ccc(F)cc32)C1. The Balaban J connectivity index is 1.95. The van der Waals surface area contributed by atoms with Crippen molar-refractivity contribution in [2.75, 3.05) is 6.61 Å². The summed E-state index contributed by atoms with van der Waals surface area (Å²) in [4.78, 5) is 4.47. The van der Waals surface area contributed by atoms with E-state index in [9.17, 15) is 4.39 Å². The molecule has 1 aromatic heterocycles. The van der Waals surface area contributed by atoms with Gasteiger partial charge in [-0.3, -0.25) is 0 Å². The van der Waals surface area contributed by atoms with E-state index in [4.69, 9.17) is 16.3 Å². The Hall–Kier alpha value is -1.13. The molecule has 3 nitrogen and oxygen atoms in total. The van der Waals surface area contributed by atoms with Gasteiger partial charge in [0.15, 0.2) is 0 Å². The molecule has 5 heteroatoms. The van der Waals surface area contributed by atoms with Gasteiger partial charge in [-0.05, 0) is 38.0 Å². The number of ether oxygens (including phenoxy) is 1. The van der Waals surface area contributed by atoms with Gasteiger partial charge in [-0.1, -0.05) is 0 Å². The molecule has 1 aliphatic rings. The largest absolute Gasteiger partial charge is 0.378 e. The van der Waals surface area contributed by atoms with Crippen molar-refractivity contribution in [3.63, 3.8) is 0 Å². The molecule has 0 spiro atoms. The molecular weight excluding hydrogens is 267 g/mol. The van der Waals surface area contributed by atoms with E-state index >= 15 is 0 Å². The minimum absolute atomic E-state index is 0.240. The van der Waals surface area contributed by atoms with Gasteiger partial charge >= 0.3 is 0 Å². The van der Waals surface area contributed by atoms with Gasteiger partial charge < -0.3 is 9.30 Å². The summed E-state index contributed by atoms with van der Waals surface area (Å²) in [6.07, 6.45) is 2.20. The number of imidazole rings is 1. The average molecular weight is 283 g/mol. The topological polar surface area (TPSA) is 27.1 Å². The zero-order chi connectivity index (χ0) is 13.4. The van der Waals surface area contributed by atoms with Gasteiger partial charge in [-0.2, -0.15) is 0 Å². The van der Waals surface area contributed by atoms with Crippen LogP contribution in [0.3, 0.4) is 0 Å². The first-order chi connectivity index (χ1) is 9.22. The van der Waals surface area contributed by atoms with Crippen molar-refractivity contribution >= 4 is 22.6 Å². The quantitative estimate of drug-likeness (QED) is 0.800. The van der Waals surface area contributed by atoms with Gasteiger partial charge in [-0.15, -0.1) is 11.6 Å². The van der Waals surface area contributed by atoms with E-state index in [1.807, 2.05) is 6.92 Å². The van der Waals surface area contributed by atoms with Crippen LogP contribution in [0.2, 0.25) is 0 Å². The molecule has 3 rings (SSSR count). The lowest BCUT2D eigenvalue weighted by Gasteiger charge is -2.36. The van der Waals surface area contributed by atoms with Crippen LogP contribution in [0.5, 0.6) is 0 Å². The first kappa shape index (κ1) is 12.9. The highest BCUT2D eigenvalue weighted by Crippen LogP contribution is 2.38. The lowest BCUT2D eigenvalue weighted by atomic mass is 9.88. The minimum Gasteiger partial charge on any atom is -0.378 e. The summed E-state index contributed by atoms with van der Waals surface area (Å²) in [7, 11) is 0. The number of rotatable bonds is 4. The molecule has 1 fully saturated rings. The third kappa shape index (κ3) is 2.23. The summed E-state index contributed by atoms with van der Waals surface area (Å²) in [6, 6.07) is 4.99. The summed E-state index contributed by atoms with van der Waals surface area (Å²) >= 11 is 5.96. The molecule has 1 heterocycles. The summed E-state index contributed by atoms with van der Waals surface area (Å²) in [6.45, 7) is 2.73. The highest BCUT2D eigenvalue weighted by atomic mass is 35.5. The van der Waals surface area contributed by atoms with Crippen molar-refractivity contribution in [2.45, 2.75) is 37.8 Å². The van der Waals surface area contributed by atoms with Gasteiger partial charge in [0.25, 0.3) is 0 Å². The lowest BCUT2D eigenvalue weighted by Crippen LogP contribution is -2.34. The van der Waals surface area contributed by atoms with Crippen molar-refractivity contribution in [1.82, 2.24) is 9.55 Å². The predicted octanol–water partition coefficient (Wildman–Crippen LogP) is 3.65. The Labute approximate surface area is 116 Å². The monoisotopic (exact) mass is 282 g/mol. The van der Waals surface area contributed by atoms with Crippen LogP contribution in [0.15, 0.2) is 18.2 Å². The Morgan fingerprint density at radius 3 is 2.95 bits per heavy atom. The molecule has 0 radical (unpaired) electrons. The molecule has 2 aromatic rings. The Morgan fingerprint density at radius 1 is 1.47 bits per heavy atom. The maximum absolute atomic E-state index is 13.4. The van der Waals surface area contributed by atoms with Crippen LogP contribution in [0, 0.1) is 5.82 Å². The molecule has 0 saturated heterocycles. The van der Waals surface area contributed by atoms with Crippen LogP contribution in [0.4, 0.5) is 4.39 Å². The van der Waals surface area contributed by atoms with E-state index in [0.29, 0.717) is 18.0 Å². The number of aromatic nitrogens is 2. The summed E-state index contributed by atoms with van der Waals surface area (Å²) < 4.78 is 21.1. The van der Waals surface area contributed by atoms with E-state index in [1.165, 1.54) is 12.1 Å². The number of halogens is 2. The van der Waals surface area contributed by atoms with Crippen molar-refractivity contribution < 1.29 is 9.13 Å². The van der Waals surface area contributed by atoms with E-state index in [0.717, 1.165) is 36.3 Å². The number of benzene rings is 1. The average Bonchev–Trinajstić information content (AvgIpc) is 2.71. The van der Waals surface area contributed by atoms with Gasteiger partial charge in [-0.25, -0.2) is 9.37 Å². The fourth-order valence-corrected chi connectivity index (χ4v) is 2.93. The fourth-order valence-electron chi connectivity index (χ4n) is 2.74. The van der Waals surface area contributed by atoms with Crippen LogP contribution in [0.25, 0.3) is 11.0 Å².